The van der Waals surface area contributed by atoms with Gasteiger partial charge in [-0.25, -0.2) is 4.39 Å². The molecule has 0 aromatic heterocycles. The van der Waals surface area contributed by atoms with E-state index in [9.17, 15) is 4.39 Å². The molecular formula is C15H14FN. The molecular weight excluding hydrogens is 213 g/mol. The maximum atomic E-state index is 14.1. The van der Waals surface area contributed by atoms with Crippen molar-refractivity contribution in [2.75, 3.05) is 11.4 Å². The predicted molar refractivity (Wildman–Crippen MR) is 67.8 cm³/mol. The first-order valence-corrected chi connectivity index (χ1v) is 5.86. The van der Waals surface area contributed by atoms with Gasteiger partial charge in [0.1, 0.15) is 6.17 Å². The van der Waals surface area contributed by atoms with Gasteiger partial charge >= 0.3 is 0 Å². The molecule has 0 aliphatic carbocycles. The third-order valence-corrected chi connectivity index (χ3v) is 3.26. The maximum absolute atomic E-state index is 14.1. The summed E-state index contributed by atoms with van der Waals surface area (Å²) in [5, 5.41) is 0. The summed E-state index contributed by atoms with van der Waals surface area (Å²) in [4.78, 5) is 2.09. The third kappa shape index (κ3) is 1.91. The fourth-order valence-electron chi connectivity index (χ4n) is 2.38. The van der Waals surface area contributed by atoms with Crippen LogP contribution in [0.15, 0.2) is 54.6 Å². The fourth-order valence-corrected chi connectivity index (χ4v) is 2.38. The summed E-state index contributed by atoms with van der Waals surface area (Å²) >= 11 is 0. The van der Waals surface area contributed by atoms with Crippen LogP contribution in [-0.4, -0.2) is 6.54 Å². The summed E-state index contributed by atoms with van der Waals surface area (Å²) in [6.07, 6.45) is -0.889. The Labute approximate surface area is 101 Å². The number of rotatable bonds is 1. The number of anilines is 1. The number of para-hydroxylation sites is 1. The Balaban J connectivity index is 1.94. The molecule has 1 aliphatic heterocycles. The van der Waals surface area contributed by atoms with Crippen LogP contribution in [0, 0.1) is 0 Å². The molecule has 1 heterocycles. The van der Waals surface area contributed by atoms with Gasteiger partial charge in [0.05, 0.1) is 6.54 Å². The molecule has 1 atom stereocenters. The van der Waals surface area contributed by atoms with E-state index in [0.717, 1.165) is 23.4 Å². The molecule has 3 rings (SSSR count). The van der Waals surface area contributed by atoms with Crippen LogP contribution in [0.25, 0.3) is 0 Å². The number of nitrogens with zero attached hydrogens (tertiary/aromatic N) is 1. The lowest BCUT2D eigenvalue weighted by atomic mass is 9.98. The summed E-state index contributed by atoms with van der Waals surface area (Å²) in [6.45, 7) is 1.24. The van der Waals surface area contributed by atoms with E-state index in [1.165, 1.54) is 0 Å². The molecule has 2 aromatic carbocycles. The number of benzene rings is 2. The van der Waals surface area contributed by atoms with Crippen molar-refractivity contribution in [1.82, 2.24) is 0 Å². The minimum absolute atomic E-state index is 0.445. The molecule has 17 heavy (non-hydrogen) atoms. The Hall–Kier alpha value is -1.83. The number of hydrogen-bond donors (Lipinski definition) is 0. The van der Waals surface area contributed by atoms with Crippen molar-refractivity contribution in [3.63, 3.8) is 0 Å². The van der Waals surface area contributed by atoms with Crippen LogP contribution in [0.4, 0.5) is 10.1 Å². The van der Waals surface area contributed by atoms with Crippen molar-refractivity contribution in [2.45, 2.75) is 12.7 Å². The van der Waals surface area contributed by atoms with Crippen molar-refractivity contribution in [3.8, 4) is 0 Å². The lowest BCUT2D eigenvalue weighted by Crippen LogP contribution is -2.31. The Kier molecular flexibility index (Phi) is 2.56. The normalized spacial score (nSPS) is 18.9. The van der Waals surface area contributed by atoms with Crippen LogP contribution >= 0.6 is 0 Å². The van der Waals surface area contributed by atoms with Gasteiger partial charge in [0, 0.05) is 12.2 Å². The molecule has 0 spiro atoms. The first-order valence-electron chi connectivity index (χ1n) is 5.86. The van der Waals surface area contributed by atoms with Gasteiger partial charge in [-0.15, -0.1) is 0 Å². The van der Waals surface area contributed by atoms with E-state index in [4.69, 9.17) is 0 Å². The summed E-state index contributed by atoms with van der Waals surface area (Å²) in [6, 6.07) is 17.8. The van der Waals surface area contributed by atoms with Crippen molar-refractivity contribution < 1.29 is 4.39 Å². The second-order valence-electron chi connectivity index (χ2n) is 4.38. The second-order valence-corrected chi connectivity index (χ2v) is 4.38. The van der Waals surface area contributed by atoms with Gasteiger partial charge in [-0.05, 0) is 23.3 Å². The highest BCUT2D eigenvalue weighted by Gasteiger charge is 2.24. The minimum atomic E-state index is -0.889. The first kappa shape index (κ1) is 10.3. The average Bonchev–Trinajstić information content (AvgIpc) is 2.40. The minimum Gasteiger partial charge on any atom is -0.364 e. The average molecular weight is 227 g/mol. The molecule has 86 valence electrons. The lowest BCUT2D eigenvalue weighted by molar-refractivity contribution is 0.330. The Morgan fingerprint density at radius 1 is 0.941 bits per heavy atom. The topological polar surface area (TPSA) is 3.24 Å². The van der Waals surface area contributed by atoms with Crippen molar-refractivity contribution >= 4 is 5.69 Å². The van der Waals surface area contributed by atoms with E-state index in [-0.39, 0.29) is 0 Å². The monoisotopic (exact) mass is 227 g/mol. The smallest absolute Gasteiger partial charge is 0.143 e. The van der Waals surface area contributed by atoms with Crippen LogP contribution in [0.5, 0.6) is 0 Å². The highest BCUT2D eigenvalue weighted by molar-refractivity contribution is 5.50. The molecule has 0 bridgehead atoms. The first-order chi connectivity index (χ1) is 8.34. The highest BCUT2D eigenvalue weighted by atomic mass is 19.1. The summed E-state index contributed by atoms with van der Waals surface area (Å²) in [5.74, 6) is 0. The zero-order valence-electron chi connectivity index (χ0n) is 9.51. The zero-order chi connectivity index (χ0) is 11.7. The van der Waals surface area contributed by atoms with Crippen molar-refractivity contribution in [3.05, 3.63) is 65.7 Å². The Morgan fingerprint density at radius 2 is 1.65 bits per heavy atom. The zero-order valence-corrected chi connectivity index (χ0v) is 9.51. The summed E-state index contributed by atoms with van der Waals surface area (Å²) < 4.78 is 14.1. The molecule has 1 aliphatic rings. The molecule has 1 nitrogen and oxygen atoms in total. The molecule has 0 amide bonds. The number of hydrogen-bond acceptors (Lipinski definition) is 1. The molecule has 0 N–H and O–H groups in total. The lowest BCUT2D eigenvalue weighted by Gasteiger charge is -2.32. The Bertz CT molecular complexity index is 509. The number of fused-ring (bicyclic) bond motifs is 1. The molecule has 0 fully saturated rings. The van der Waals surface area contributed by atoms with E-state index in [1.807, 2.05) is 54.6 Å². The standard InChI is InChI=1S/C15H14FN/c16-15-11-17(13-7-2-1-3-8-13)10-12-6-4-5-9-14(12)15/h1-9,15H,10-11H2. The van der Waals surface area contributed by atoms with E-state index in [1.54, 1.807) is 0 Å². The number of halogens is 1. The molecule has 1 unspecified atom stereocenters. The molecule has 0 radical (unpaired) electrons. The highest BCUT2D eigenvalue weighted by Crippen LogP contribution is 2.31. The predicted octanol–water partition coefficient (Wildman–Crippen LogP) is 3.72. The van der Waals surface area contributed by atoms with E-state index < -0.39 is 6.17 Å². The third-order valence-electron chi connectivity index (χ3n) is 3.26. The van der Waals surface area contributed by atoms with Crippen LogP contribution in [-0.2, 0) is 6.54 Å². The summed E-state index contributed by atoms with van der Waals surface area (Å²) in [7, 11) is 0. The maximum Gasteiger partial charge on any atom is 0.143 e. The van der Waals surface area contributed by atoms with Gasteiger partial charge in [0.25, 0.3) is 0 Å². The summed E-state index contributed by atoms with van der Waals surface area (Å²) in [5.41, 5.74) is 3.03. The largest absolute Gasteiger partial charge is 0.364 e. The van der Waals surface area contributed by atoms with Gasteiger partial charge in [-0.1, -0.05) is 42.5 Å². The van der Waals surface area contributed by atoms with Gasteiger partial charge < -0.3 is 4.90 Å². The van der Waals surface area contributed by atoms with E-state index >= 15 is 0 Å². The Morgan fingerprint density at radius 3 is 2.47 bits per heavy atom. The van der Waals surface area contributed by atoms with Crippen LogP contribution < -0.4 is 4.90 Å². The van der Waals surface area contributed by atoms with Crippen LogP contribution in [0.2, 0.25) is 0 Å². The molecule has 0 saturated heterocycles. The van der Waals surface area contributed by atoms with Crippen molar-refractivity contribution in [2.24, 2.45) is 0 Å². The van der Waals surface area contributed by atoms with Crippen LogP contribution in [0.1, 0.15) is 17.3 Å². The van der Waals surface area contributed by atoms with Gasteiger partial charge in [0.2, 0.25) is 0 Å². The van der Waals surface area contributed by atoms with Crippen molar-refractivity contribution in [1.29, 1.82) is 0 Å². The number of alkyl halides is 1. The molecule has 0 saturated carbocycles. The molecule has 2 heteroatoms. The van der Waals surface area contributed by atoms with E-state index in [2.05, 4.69) is 4.90 Å². The van der Waals surface area contributed by atoms with E-state index in [0.29, 0.717) is 6.54 Å². The van der Waals surface area contributed by atoms with Gasteiger partial charge in [0.15, 0.2) is 0 Å². The SMILES string of the molecule is FC1CN(c2ccccc2)Cc2ccccc21. The van der Waals surface area contributed by atoms with Gasteiger partial charge in [-0.2, -0.15) is 0 Å². The quantitative estimate of drug-likeness (QED) is 0.717. The van der Waals surface area contributed by atoms with Gasteiger partial charge in [-0.3, -0.25) is 0 Å². The molecule has 2 aromatic rings. The fraction of sp³-hybridized carbons (Fsp3) is 0.200. The van der Waals surface area contributed by atoms with Crippen LogP contribution in [0.3, 0.4) is 0 Å². The second kappa shape index (κ2) is 4.21.